The van der Waals surface area contributed by atoms with Gasteiger partial charge < -0.3 is 0 Å². The molecule has 2 aliphatic rings. The predicted octanol–water partition coefficient (Wildman–Crippen LogP) is 3.24. The largest absolute Gasteiger partial charge is 0.0880 e. The summed E-state index contributed by atoms with van der Waals surface area (Å²) in [5.74, 6) is 3.93. The quantitative estimate of drug-likeness (QED) is 0.503. The molecule has 2 aliphatic carbocycles. The van der Waals surface area contributed by atoms with Crippen LogP contribution in [0.25, 0.3) is 0 Å². The molecule has 0 aliphatic heterocycles. The standard InChI is InChI=1S/C11H18/c1-8-6-10(7-8)11-5-3-4-9(11)2/h3,5,8-11H,4,6-7H2,1-2H3. The van der Waals surface area contributed by atoms with Crippen molar-refractivity contribution in [3.8, 4) is 0 Å². The highest BCUT2D eigenvalue weighted by molar-refractivity contribution is 5.04. The molecule has 0 nitrogen and oxygen atoms in total. The Balaban J connectivity index is 1.90. The van der Waals surface area contributed by atoms with E-state index >= 15 is 0 Å². The summed E-state index contributed by atoms with van der Waals surface area (Å²) in [6.07, 6.45) is 9.13. The van der Waals surface area contributed by atoms with Crippen molar-refractivity contribution in [3.63, 3.8) is 0 Å². The molecule has 0 aromatic carbocycles. The van der Waals surface area contributed by atoms with E-state index in [1.54, 1.807) is 0 Å². The fourth-order valence-electron chi connectivity index (χ4n) is 2.70. The fourth-order valence-corrected chi connectivity index (χ4v) is 2.70. The maximum absolute atomic E-state index is 2.46. The zero-order valence-electron chi connectivity index (χ0n) is 7.59. The Morgan fingerprint density at radius 2 is 1.91 bits per heavy atom. The number of allylic oxidation sites excluding steroid dienone is 2. The van der Waals surface area contributed by atoms with Crippen molar-refractivity contribution in [1.82, 2.24) is 0 Å². The molecule has 2 atom stereocenters. The SMILES string of the molecule is CC1CC(C2C=CCC2C)C1. The Bertz CT molecular complexity index is 163. The maximum Gasteiger partial charge on any atom is -0.0176 e. The van der Waals surface area contributed by atoms with E-state index in [0.29, 0.717) is 0 Å². The van der Waals surface area contributed by atoms with Gasteiger partial charge in [0.2, 0.25) is 0 Å². The third-order valence-corrected chi connectivity index (χ3v) is 3.48. The van der Waals surface area contributed by atoms with Crippen LogP contribution in [0.5, 0.6) is 0 Å². The maximum atomic E-state index is 2.46. The zero-order chi connectivity index (χ0) is 7.84. The van der Waals surface area contributed by atoms with Gasteiger partial charge in [-0.3, -0.25) is 0 Å². The van der Waals surface area contributed by atoms with Gasteiger partial charge in [0.15, 0.2) is 0 Å². The molecule has 0 heterocycles. The van der Waals surface area contributed by atoms with Crippen LogP contribution in [0.2, 0.25) is 0 Å². The fraction of sp³-hybridized carbons (Fsp3) is 0.818. The Morgan fingerprint density at radius 1 is 1.18 bits per heavy atom. The van der Waals surface area contributed by atoms with Gasteiger partial charge in [-0.25, -0.2) is 0 Å². The van der Waals surface area contributed by atoms with Crippen LogP contribution in [-0.2, 0) is 0 Å². The van der Waals surface area contributed by atoms with Crippen molar-refractivity contribution in [2.75, 3.05) is 0 Å². The van der Waals surface area contributed by atoms with Gasteiger partial charge in [0.05, 0.1) is 0 Å². The molecule has 0 spiro atoms. The summed E-state index contributed by atoms with van der Waals surface area (Å²) in [5.41, 5.74) is 0. The lowest BCUT2D eigenvalue weighted by atomic mass is 9.67. The van der Waals surface area contributed by atoms with E-state index in [0.717, 1.165) is 23.7 Å². The second-order valence-electron chi connectivity index (χ2n) is 4.56. The zero-order valence-corrected chi connectivity index (χ0v) is 7.59. The van der Waals surface area contributed by atoms with Crippen LogP contribution in [0.1, 0.15) is 33.1 Å². The first kappa shape index (κ1) is 7.39. The van der Waals surface area contributed by atoms with Gasteiger partial charge in [-0.2, -0.15) is 0 Å². The molecule has 11 heavy (non-hydrogen) atoms. The molecule has 0 saturated heterocycles. The van der Waals surface area contributed by atoms with Crippen LogP contribution in [-0.4, -0.2) is 0 Å². The second kappa shape index (κ2) is 2.66. The van der Waals surface area contributed by atoms with Crippen LogP contribution < -0.4 is 0 Å². The monoisotopic (exact) mass is 150 g/mol. The van der Waals surface area contributed by atoms with Crippen LogP contribution in [0, 0.1) is 23.7 Å². The molecule has 0 aromatic rings. The van der Waals surface area contributed by atoms with Gasteiger partial charge in [0.25, 0.3) is 0 Å². The summed E-state index contributed by atoms with van der Waals surface area (Å²) in [7, 11) is 0. The van der Waals surface area contributed by atoms with E-state index in [1.165, 1.54) is 19.3 Å². The highest BCUT2D eigenvalue weighted by atomic mass is 14.4. The van der Waals surface area contributed by atoms with E-state index in [1.807, 2.05) is 0 Å². The van der Waals surface area contributed by atoms with Gasteiger partial charge in [-0.1, -0.05) is 26.0 Å². The van der Waals surface area contributed by atoms with E-state index in [2.05, 4.69) is 26.0 Å². The molecular weight excluding hydrogens is 132 g/mol. The van der Waals surface area contributed by atoms with Crippen LogP contribution in [0.15, 0.2) is 12.2 Å². The van der Waals surface area contributed by atoms with Gasteiger partial charge in [-0.05, 0) is 42.9 Å². The van der Waals surface area contributed by atoms with Crippen molar-refractivity contribution >= 4 is 0 Å². The normalized spacial score (nSPS) is 49.3. The summed E-state index contributed by atoms with van der Waals surface area (Å²) in [4.78, 5) is 0. The molecule has 1 fully saturated rings. The predicted molar refractivity (Wildman–Crippen MR) is 48.3 cm³/mol. The average Bonchev–Trinajstić information content (AvgIpc) is 2.29. The molecule has 0 amide bonds. The summed E-state index contributed by atoms with van der Waals surface area (Å²) in [6.45, 7) is 4.77. The molecule has 2 rings (SSSR count). The summed E-state index contributed by atoms with van der Waals surface area (Å²) < 4.78 is 0. The number of hydrogen-bond donors (Lipinski definition) is 0. The Kier molecular flexibility index (Phi) is 1.78. The first-order valence-corrected chi connectivity index (χ1v) is 4.94. The molecule has 0 N–H and O–H groups in total. The van der Waals surface area contributed by atoms with Crippen LogP contribution in [0.3, 0.4) is 0 Å². The Labute approximate surface area is 69.7 Å². The highest BCUT2D eigenvalue weighted by Gasteiger charge is 2.34. The van der Waals surface area contributed by atoms with Crippen molar-refractivity contribution in [1.29, 1.82) is 0 Å². The first-order chi connectivity index (χ1) is 5.27. The molecule has 62 valence electrons. The van der Waals surface area contributed by atoms with Crippen LogP contribution >= 0.6 is 0 Å². The number of hydrogen-bond acceptors (Lipinski definition) is 0. The average molecular weight is 150 g/mol. The van der Waals surface area contributed by atoms with Gasteiger partial charge in [0, 0.05) is 0 Å². The van der Waals surface area contributed by atoms with Gasteiger partial charge in [0.1, 0.15) is 0 Å². The van der Waals surface area contributed by atoms with Crippen molar-refractivity contribution in [3.05, 3.63) is 12.2 Å². The lowest BCUT2D eigenvalue weighted by Gasteiger charge is -2.38. The van der Waals surface area contributed by atoms with Gasteiger partial charge >= 0.3 is 0 Å². The summed E-state index contributed by atoms with van der Waals surface area (Å²) in [5, 5.41) is 0. The molecule has 0 radical (unpaired) electrons. The second-order valence-corrected chi connectivity index (χ2v) is 4.56. The summed E-state index contributed by atoms with van der Waals surface area (Å²) in [6, 6.07) is 0. The van der Waals surface area contributed by atoms with E-state index < -0.39 is 0 Å². The lowest BCUT2D eigenvalue weighted by Crippen LogP contribution is -2.29. The Hall–Kier alpha value is -0.260. The molecule has 1 saturated carbocycles. The van der Waals surface area contributed by atoms with Crippen LogP contribution in [0.4, 0.5) is 0 Å². The van der Waals surface area contributed by atoms with E-state index in [9.17, 15) is 0 Å². The highest BCUT2D eigenvalue weighted by Crippen LogP contribution is 2.44. The minimum Gasteiger partial charge on any atom is -0.0880 e. The molecule has 0 heteroatoms. The van der Waals surface area contributed by atoms with E-state index in [-0.39, 0.29) is 0 Å². The van der Waals surface area contributed by atoms with Crippen molar-refractivity contribution in [2.24, 2.45) is 23.7 Å². The topological polar surface area (TPSA) is 0 Å². The third kappa shape index (κ3) is 1.23. The molecular formula is C11H18. The molecule has 0 bridgehead atoms. The smallest absolute Gasteiger partial charge is 0.0176 e. The Morgan fingerprint density at radius 3 is 2.36 bits per heavy atom. The molecule has 2 unspecified atom stereocenters. The van der Waals surface area contributed by atoms with Gasteiger partial charge in [-0.15, -0.1) is 0 Å². The van der Waals surface area contributed by atoms with Crippen molar-refractivity contribution < 1.29 is 0 Å². The third-order valence-electron chi connectivity index (χ3n) is 3.48. The van der Waals surface area contributed by atoms with Crippen molar-refractivity contribution in [2.45, 2.75) is 33.1 Å². The van der Waals surface area contributed by atoms with E-state index in [4.69, 9.17) is 0 Å². The molecule has 0 aromatic heterocycles. The minimum atomic E-state index is 0.936. The minimum absolute atomic E-state index is 0.936. The summed E-state index contributed by atoms with van der Waals surface area (Å²) >= 11 is 0. The first-order valence-electron chi connectivity index (χ1n) is 4.94. The number of rotatable bonds is 1. The lowest BCUT2D eigenvalue weighted by molar-refractivity contribution is 0.136.